The highest BCUT2D eigenvalue weighted by Gasteiger charge is 2.42. The summed E-state index contributed by atoms with van der Waals surface area (Å²) in [5, 5.41) is 0. The average molecular weight is 344 g/mol. The first-order valence-corrected chi connectivity index (χ1v) is 9.99. The Kier molecular flexibility index (Phi) is 5.71. The van der Waals surface area contributed by atoms with E-state index in [1.54, 1.807) is 0 Å². The van der Waals surface area contributed by atoms with Crippen molar-refractivity contribution in [3.63, 3.8) is 0 Å². The Balaban J connectivity index is 1.75. The van der Waals surface area contributed by atoms with Crippen LogP contribution in [0.25, 0.3) is 0 Å². The molecular formula is C22H33NO2. The third-order valence-electron chi connectivity index (χ3n) is 6.37. The van der Waals surface area contributed by atoms with Crippen LogP contribution in [0, 0.1) is 11.8 Å². The number of nitrogens with zero attached hydrogens (tertiary/aromatic N) is 1. The van der Waals surface area contributed by atoms with E-state index in [9.17, 15) is 4.79 Å². The van der Waals surface area contributed by atoms with Crippen LogP contribution < -0.4 is 0 Å². The van der Waals surface area contributed by atoms with Crippen molar-refractivity contribution in [2.24, 2.45) is 11.8 Å². The monoisotopic (exact) mass is 343 g/mol. The van der Waals surface area contributed by atoms with Crippen LogP contribution in [-0.2, 0) is 10.2 Å². The molecule has 1 aliphatic heterocycles. The van der Waals surface area contributed by atoms with Crippen LogP contribution in [-0.4, -0.2) is 30.2 Å². The molecule has 1 amide bonds. The smallest absolute Gasteiger partial charge is 0.410 e. The van der Waals surface area contributed by atoms with Crippen molar-refractivity contribution >= 4 is 6.09 Å². The van der Waals surface area contributed by atoms with Crippen LogP contribution in [0.5, 0.6) is 0 Å². The summed E-state index contributed by atoms with van der Waals surface area (Å²) in [6, 6.07) is 10.7. The Labute approximate surface area is 152 Å². The Bertz CT molecular complexity index is 563. The highest BCUT2D eigenvalue weighted by atomic mass is 16.6. The highest BCUT2D eigenvalue weighted by molar-refractivity contribution is 5.68. The first-order valence-electron chi connectivity index (χ1n) is 9.99. The van der Waals surface area contributed by atoms with E-state index in [0.717, 1.165) is 38.8 Å². The second-order valence-electron chi connectivity index (χ2n) is 8.58. The van der Waals surface area contributed by atoms with E-state index >= 15 is 0 Å². The van der Waals surface area contributed by atoms with Crippen LogP contribution in [0.3, 0.4) is 0 Å². The minimum absolute atomic E-state index is 0.00818. The molecule has 2 aliphatic rings. The molecule has 1 aliphatic carbocycles. The SMILES string of the molecule is CC1CCC(C(C)(C)c2ccccc2)C(OC(=O)N2CCCCC2)C1. The molecular weight excluding hydrogens is 310 g/mol. The number of hydrogen-bond donors (Lipinski definition) is 0. The van der Waals surface area contributed by atoms with Gasteiger partial charge in [0.1, 0.15) is 6.10 Å². The van der Waals surface area contributed by atoms with Gasteiger partial charge in [-0.3, -0.25) is 0 Å². The van der Waals surface area contributed by atoms with E-state index < -0.39 is 0 Å². The topological polar surface area (TPSA) is 29.5 Å². The molecule has 1 saturated heterocycles. The van der Waals surface area contributed by atoms with E-state index in [0.29, 0.717) is 11.8 Å². The van der Waals surface area contributed by atoms with Gasteiger partial charge in [0.15, 0.2) is 0 Å². The molecule has 0 spiro atoms. The van der Waals surface area contributed by atoms with Gasteiger partial charge in [0.05, 0.1) is 0 Å². The van der Waals surface area contributed by atoms with Gasteiger partial charge in [-0.2, -0.15) is 0 Å². The number of ether oxygens (including phenoxy) is 1. The Morgan fingerprint density at radius 1 is 1.08 bits per heavy atom. The van der Waals surface area contributed by atoms with Gasteiger partial charge in [0.25, 0.3) is 0 Å². The van der Waals surface area contributed by atoms with E-state index in [1.165, 1.54) is 18.4 Å². The number of hydrogen-bond acceptors (Lipinski definition) is 2. The zero-order valence-electron chi connectivity index (χ0n) is 16.0. The molecule has 2 fully saturated rings. The van der Waals surface area contributed by atoms with E-state index in [4.69, 9.17) is 4.74 Å². The fraction of sp³-hybridized carbons (Fsp3) is 0.682. The molecule has 1 aromatic carbocycles. The number of likely N-dealkylation sites (tertiary alicyclic amines) is 1. The third kappa shape index (κ3) is 4.19. The summed E-state index contributed by atoms with van der Waals surface area (Å²) in [6.07, 6.45) is 6.71. The van der Waals surface area contributed by atoms with Gasteiger partial charge in [0.2, 0.25) is 0 Å². The molecule has 25 heavy (non-hydrogen) atoms. The van der Waals surface area contributed by atoms with Crippen molar-refractivity contribution < 1.29 is 9.53 Å². The number of benzene rings is 1. The number of rotatable bonds is 3. The molecule has 1 saturated carbocycles. The molecule has 0 bridgehead atoms. The molecule has 0 radical (unpaired) electrons. The lowest BCUT2D eigenvalue weighted by Gasteiger charge is -2.44. The molecule has 3 unspecified atom stereocenters. The van der Waals surface area contributed by atoms with Gasteiger partial charge in [-0.15, -0.1) is 0 Å². The minimum atomic E-state index is -0.0901. The zero-order chi connectivity index (χ0) is 17.9. The fourth-order valence-corrected chi connectivity index (χ4v) is 4.65. The van der Waals surface area contributed by atoms with E-state index in [-0.39, 0.29) is 17.6 Å². The summed E-state index contributed by atoms with van der Waals surface area (Å²) in [6.45, 7) is 8.62. The lowest BCUT2D eigenvalue weighted by molar-refractivity contribution is -0.0198. The lowest BCUT2D eigenvalue weighted by Crippen LogP contribution is -2.46. The van der Waals surface area contributed by atoms with Crippen LogP contribution in [0.2, 0.25) is 0 Å². The first kappa shape index (κ1) is 18.3. The van der Waals surface area contributed by atoms with Crippen molar-refractivity contribution in [3.8, 4) is 0 Å². The largest absolute Gasteiger partial charge is 0.446 e. The second-order valence-corrected chi connectivity index (χ2v) is 8.58. The maximum absolute atomic E-state index is 12.7. The van der Waals surface area contributed by atoms with Gasteiger partial charge in [-0.25, -0.2) is 4.79 Å². The van der Waals surface area contributed by atoms with Crippen molar-refractivity contribution in [1.29, 1.82) is 0 Å². The lowest BCUT2D eigenvalue weighted by atomic mass is 9.64. The Morgan fingerprint density at radius 3 is 2.44 bits per heavy atom. The second kappa shape index (κ2) is 7.80. The summed E-state index contributed by atoms with van der Waals surface area (Å²) in [5.74, 6) is 1.00. The molecule has 3 heteroatoms. The van der Waals surface area contributed by atoms with Gasteiger partial charge >= 0.3 is 6.09 Å². The number of carbonyl (C=O) groups excluding carboxylic acids is 1. The van der Waals surface area contributed by atoms with Crippen LogP contribution in [0.1, 0.15) is 64.9 Å². The molecule has 1 heterocycles. The third-order valence-corrected chi connectivity index (χ3v) is 6.37. The first-order chi connectivity index (χ1) is 12.0. The number of piperidine rings is 1. The molecule has 3 atom stereocenters. The quantitative estimate of drug-likeness (QED) is 0.736. The average Bonchev–Trinajstić information content (AvgIpc) is 2.63. The van der Waals surface area contributed by atoms with Gasteiger partial charge in [0, 0.05) is 19.0 Å². The molecule has 138 valence electrons. The predicted octanol–water partition coefficient (Wildman–Crippen LogP) is 5.39. The maximum Gasteiger partial charge on any atom is 0.410 e. The van der Waals surface area contributed by atoms with Crippen molar-refractivity contribution in [2.45, 2.75) is 70.8 Å². The van der Waals surface area contributed by atoms with E-state index in [2.05, 4.69) is 51.1 Å². The molecule has 1 aromatic rings. The van der Waals surface area contributed by atoms with Crippen LogP contribution in [0.4, 0.5) is 4.79 Å². The van der Waals surface area contributed by atoms with Crippen molar-refractivity contribution in [2.75, 3.05) is 13.1 Å². The van der Waals surface area contributed by atoms with Gasteiger partial charge in [-0.05, 0) is 49.0 Å². The standard InChI is InChI=1S/C22H33NO2/c1-17-12-13-19(22(2,3)18-10-6-4-7-11-18)20(16-17)25-21(24)23-14-8-5-9-15-23/h4,6-7,10-11,17,19-20H,5,8-9,12-16H2,1-3H3. The summed E-state index contributed by atoms with van der Waals surface area (Å²) in [4.78, 5) is 14.6. The summed E-state index contributed by atoms with van der Waals surface area (Å²) >= 11 is 0. The highest BCUT2D eigenvalue weighted by Crippen LogP contribution is 2.43. The molecule has 3 rings (SSSR count). The fourth-order valence-electron chi connectivity index (χ4n) is 4.65. The zero-order valence-corrected chi connectivity index (χ0v) is 16.0. The molecule has 0 aromatic heterocycles. The number of amides is 1. The van der Waals surface area contributed by atoms with Gasteiger partial charge < -0.3 is 9.64 Å². The van der Waals surface area contributed by atoms with Gasteiger partial charge in [-0.1, -0.05) is 57.5 Å². The van der Waals surface area contributed by atoms with Crippen molar-refractivity contribution in [3.05, 3.63) is 35.9 Å². The Morgan fingerprint density at radius 2 is 1.76 bits per heavy atom. The summed E-state index contributed by atoms with van der Waals surface area (Å²) in [7, 11) is 0. The Hall–Kier alpha value is -1.51. The summed E-state index contributed by atoms with van der Waals surface area (Å²) < 4.78 is 6.11. The normalized spacial score (nSPS) is 27.8. The molecule has 3 nitrogen and oxygen atoms in total. The maximum atomic E-state index is 12.7. The van der Waals surface area contributed by atoms with Crippen LogP contribution >= 0.6 is 0 Å². The summed E-state index contributed by atoms with van der Waals surface area (Å²) in [5.41, 5.74) is 1.35. The van der Waals surface area contributed by atoms with Crippen LogP contribution in [0.15, 0.2) is 30.3 Å². The molecule has 0 N–H and O–H groups in total. The van der Waals surface area contributed by atoms with E-state index in [1.807, 2.05) is 4.90 Å². The predicted molar refractivity (Wildman–Crippen MR) is 102 cm³/mol. The minimum Gasteiger partial charge on any atom is -0.446 e. The number of carbonyl (C=O) groups is 1. The van der Waals surface area contributed by atoms with Crippen molar-refractivity contribution in [1.82, 2.24) is 4.90 Å².